The number of ether oxygens (including phenoxy) is 1. The van der Waals surface area contributed by atoms with Crippen LogP contribution < -0.4 is 15.5 Å². The average molecular weight is 375 g/mol. The maximum atomic E-state index is 5.63. The van der Waals surface area contributed by atoms with Crippen LogP contribution >= 0.6 is 0 Å². The average Bonchev–Trinajstić information content (AvgIpc) is 2.71. The number of piperidine rings is 1. The van der Waals surface area contributed by atoms with Crippen LogP contribution in [-0.2, 0) is 11.3 Å². The van der Waals surface area contributed by atoms with Crippen LogP contribution in [0.4, 0.5) is 5.82 Å². The third-order valence-corrected chi connectivity index (χ3v) is 5.23. The lowest BCUT2D eigenvalue weighted by molar-refractivity contribution is 0.0529. The van der Waals surface area contributed by atoms with Gasteiger partial charge in [0.1, 0.15) is 5.82 Å². The Hall–Kier alpha value is -1.86. The molecular weight excluding hydrogens is 340 g/mol. The lowest BCUT2D eigenvalue weighted by Crippen LogP contribution is -2.42. The van der Waals surface area contributed by atoms with Crippen LogP contribution in [0.3, 0.4) is 0 Å². The molecule has 0 aromatic carbocycles. The van der Waals surface area contributed by atoms with E-state index < -0.39 is 0 Å². The molecule has 7 nitrogen and oxygen atoms in total. The van der Waals surface area contributed by atoms with Gasteiger partial charge in [-0.25, -0.2) is 4.98 Å². The molecule has 2 fully saturated rings. The lowest BCUT2D eigenvalue weighted by Gasteiger charge is -2.32. The van der Waals surface area contributed by atoms with Gasteiger partial charge in [0.2, 0.25) is 0 Å². The van der Waals surface area contributed by atoms with E-state index in [9.17, 15) is 0 Å². The second-order valence-electron chi connectivity index (χ2n) is 7.40. The quantitative estimate of drug-likeness (QED) is 0.581. The van der Waals surface area contributed by atoms with Crippen LogP contribution in [0.5, 0.6) is 0 Å². The third-order valence-electron chi connectivity index (χ3n) is 5.23. The molecule has 2 saturated heterocycles. The van der Waals surface area contributed by atoms with Gasteiger partial charge in [-0.05, 0) is 50.6 Å². The second kappa shape index (κ2) is 10.5. The molecule has 0 aliphatic carbocycles. The van der Waals surface area contributed by atoms with Gasteiger partial charge in [-0.3, -0.25) is 4.99 Å². The van der Waals surface area contributed by atoms with Crippen LogP contribution in [-0.4, -0.2) is 74.9 Å². The summed E-state index contributed by atoms with van der Waals surface area (Å²) in [5, 5.41) is 6.84. The zero-order valence-electron chi connectivity index (χ0n) is 16.8. The fraction of sp³-hybridized carbons (Fsp3) is 0.700. The summed E-state index contributed by atoms with van der Waals surface area (Å²) in [7, 11) is 1.82. The van der Waals surface area contributed by atoms with Crippen molar-refractivity contribution in [3.8, 4) is 0 Å². The SMILES string of the molecule is CN=C(NCCN1CCCCC1)NCc1ccnc(N2CCOC(C)C2)c1. The van der Waals surface area contributed by atoms with Crippen LogP contribution in [0.2, 0.25) is 0 Å². The minimum Gasteiger partial charge on any atom is -0.375 e. The molecule has 0 saturated carbocycles. The number of nitrogens with zero attached hydrogens (tertiary/aromatic N) is 4. The Morgan fingerprint density at radius 1 is 1.26 bits per heavy atom. The van der Waals surface area contributed by atoms with Crippen molar-refractivity contribution in [1.82, 2.24) is 20.5 Å². The molecule has 2 aliphatic rings. The number of pyridine rings is 1. The van der Waals surface area contributed by atoms with Gasteiger partial charge in [-0.1, -0.05) is 6.42 Å². The number of hydrogen-bond acceptors (Lipinski definition) is 5. The van der Waals surface area contributed by atoms with Crippen LogP contribution in [0.1, 0.15) is 31.7 Å². The Labute approximate surface area is 163 Å². The third kappa shape index (κ3) is 6.36. The molecule has 0 spiro atoms. The Balaban J connectivity index is 1.44. The van der Waals surface area contributed by atoms with Gasteiger partial charge in [0, 0.05) is 46.0 Å². The number of nitrogens with one attached hydrogen (secondary N) is 2. The fourth-order valence-corrected chi connectivity index (χ4v) is 3.69. The first-order valence-corrected chi connectivity index (χ1v) is 10.2. The maximum absolute atomic E-state index is 5.63. The van der Waals surface area contributed by atoms with E-state index in [1.165, 1.54) is 37.9 Å². The molecule has 1 aromatic rings. The van der Waals surface area contributed by atoms with Gasteiger partial charge in [0.25, 0.3) is 0 Å². The van der Waals surface area contributed by atoms with Crippen molar-refractivity contribution in [2.24, 2.45) is 4.99 Å². The number of morpholine rings is 1. The van der Waals surface area contributed by atoms with Crippen molar-refractivity contribution >= 4 is 11.8 Å². The monoisotopic (exact) mass is 374 g/mol. The first kappa shape index (κ1) is 19.9. The molecule has 7 heteroatoms. The molecule has 0 radical (unpaired) electrons. The van der Waals surface area contributed by atoms with Gasteiger partial charge in [-0.15, -0.1) is 0 Å². The van der Waals surface area contributed by atoms with E-state index in [1.807, 2.05) is 13.2 Å². The van der Waals surface area contributed by atoms with Crippen molar-refractivity contribution in [2.45, 2.75) is 38.8 Å². The molecule has 27 heavy (non-hydrogen) atoms. The highest BCUT2D eigenvalue weighted by Gasteiger charge is 2.18. The summed E-state index contributed by atoms with van der Waals surface area (Å²) in [6, 6.07) is 4.22. The molecule has 1 aromatic heterocycles. The number of aromatic nitrogens is 1. The van der Waals surface area contributed by atoms with Gasteiger partial charge in [-0.2, -0.15) is 0 Å². The van der Waals surface area contributed by atoms with E-state index >= 15 is 0 Å². The van der Waals surface area contributed by atoms with E-state index in [1.54, 1.807) is 0 Å². The highest BCUT2D eigenvalue weighted by Crippen LogP contribution is 2.16. The topological polar surface area (TPSA) is 65.0 Å². The highest BCUT2D eigenvalue weighted by atomic mass is 16.5. The Morgan fingerprint density at radius 2 is 2.11 bits per heavy atom. The van der Waals surface area contributed by atoms with E-state index in [4.69, 9.17) is 4.74 Å². The van der Waals surface area contributed by atoms with Crippen molar-refractivity contribution in [3.05, 3.63) is 23.9 Å². The number of hydrogen-bond donors (Lipinski definition) is 2. The lowest BCUT2D eigenvalue weighted by atomic mass is 10.1. The number of anilines is 1. The van der Waals surface area contributed by atoms with Crippen LogP contribution in [0.15, 0.2) is 23.3 Å². The Kier molecular flexibility index (Phi) is 7.71. The normalized spacial score (nSPS) is 21.9. The second-order valence-corrected chi connectivity index (χ2v) is 7.40. The number of rotatable bonds is 6. The molecule has 2 N–H and O–H groups in total. The molecule has 1 atom stereocenters. The molecule has 150 valence electrons. The Morgan fingerprint density at radius 3 is 2.89 bits per heavy atom. The van der Waals surface area contributed by atoms with E-state index in [0.717, 1.165) is 51.1 Å². The first-order chi connectivity index (χ1) is 13.2. The van der Waals surface area contributed by atoms with E-state index in [-0.39, 0.29) is 6.10 Å². The van der Waals surface area contributed by atoms with Gasteiger partial charge in [0.05, 0.1) is 12.7 Å². The number of likely N-dealkylation sites (tertiary alicyclic amines) is 1. The fourth-order valence-electron chi connectivity index (χ4n) is 3.69. The van der Waals surface area contributed by atoms with E-state index in [0.29, 0.717) is 0 Å². The number of guanidine groups is 1. The summed E-state index contributed by atoms with van der Waals surface area (Å²) in [5.74, 6) is 1.88. The zero-order chi connectivity index (χ0) is 18.9. The summed E-state index contributed by atoms with van der Waals surface area (Å²) >= 11 is 0. The van der Waals surface area contributed by atoms with Crippen molar-refractivity contribution < 1.29 is 4.74 Å². The largest absolute Gasteiger partial charge is 0.375 e. The summed E-state index contributed by atoms with van der Waals surface area (Å²) in [5.41, 5.74) is 1.21. The van der Waals surface area contributed by atoms with Gasteiger partial charge >= 0.3 is 0 Å². The predicted molar refractivity (Wildman–Crippen MR) is 110 cm³/mol. The molecule has 1 unspecified atom stereocenters. The molecule has 2 aliphatic heterocycles. The smallest absolute Gasteiger partial charge is 0.191 e. The standard InChI is InChI=1S/C20H34N6O/c1-17-16-26(12-13-27-17)19-14-18(6-7-22-19)15-24-20(21-2)23-8-11-25-9-4-3-5-10-25/h6-7,14,17H,3-5,8-13,15-16H2,1-2H3,(H2,21,23,24). The summed E-state index contributed by atoms with van der Waals surface area (Å²) in [4.78, 5) is 13.7. The van der Waals surface area contributed by atoms with Crippen molar-refractivity contribution in [3.63, 3.8) is 0 Å². The summed E-state index contributed by atoms with van der Waals surface area (Å²) in [6.45, 7) is 9.86. The minimum absolute atomic E-state index is 0.255. The first-order valence-electron chi connectivity index (χ1n) is 10.2. The van der Waals surface area contributed by atoms with Gasteiger partial charge in [0.15, 0.2) is 5.96 Å². The molecule has 0 bridgehead atoms. The maximum Gasteiger partial charge on any atom is 0.191 e. The summed E-state index contributed by atoms with van der Waals surface area (Å²) < 4.78 is 5.63. The highest BCUT2D eigenvalue weighted by molar-refractivity contribution is 5.79. The summed E-state index contributed by atoms with van der Waals surface area (Å²) in [6.07, 6.45) is 6.19. The van der Waals surface area contributed by atoms with Crippen molar-refractivity contribution in [2.75, 3.05) is 57.8 Å². The predicted octanol–water partition coefficient (Wildman–Crippen LogP) is 1.46. The van der Waals surface area contributed by atoms with Crippen LogP contribution in [0.25, 0.3) is 0 Å². The molecule has 3 heterocycles. The molecule has 0 amide bonds. The van der Waals surface area contributed by atoms with Gasteiger partial charge < -0.3 is 25.2 Å². The molecular formula is C20H34N6O. The van der Waals surface area contributed by atoms with Crippen LogP contribution in [0, 0.1) is 0 Å². The number of aliphatic imine (C=N–C) groups is 1. The molecule has 3 rings (SSSR count). The Bertz CT molecular complexity index is 602. The van der Waals surface area contributed by atoms with E-state index in [2.05, 4.69) is 49.5 Å². The minimum atomic E-state index is 0.255. The van der Waals surface area contributed by atoms with Crippen molar-refractivity contribution in [1.29, 1.82) is 0 Å². The zero-order valence-corrected chi connectivity index (χ0v) is 16.8.